The molecule has 0 fully saturated rings. The van der Waals surface area contributed by atoms with E-state index in [2.05, 4.69) is 20.4 Å². The largest absolute Gasteiger partial charge is 0.374 e. The third kappa shape index (κ3) is 8.04. The Morgan fingerprint density at radius 2 is 2.00 bits per heavy atom. The van der Waals surface area contributed by atoms with E-state index in [9.17, 15) is 0 Å². The maximum atomic E-state index is 5.65. The van der Waals surface area contributed by atoms with Gasteiger partial charge in [-0.05, 0) is 12.8 Å². The van der Waals surface area contributed by atoms with Gasteiger partial charge in [-0.25, -0.2) is 0 Å². The molecule has 0 spiro atoms. The molecule has 0 aromatic heterocycles. The van der Waals surface area contributed by atoms with Gasteiger partial charge in [0.1, 0.15) is 0 Å². The second-order valence-corrected chi connectivity index (χ2v) is 3.38. The number of hydrogen-bond acceptors (Lipinski definition) is 1. The highest BCUT2D eigenvalue weighted by Crippen LogP contribution is 2.12. The monoisotopic (exact) mass is 183 g/mol. The van der Waals surface area contributed by atoms with Crippen molar-refractivity contribution in [3.05, 3.63) is 19.6 Å². The fraction of sp³-hybridized carbons (Fsp3) is 0.750. The fourth-order valence-electron chi connectivity index (χ4n) is 1.32. The Morgan fingerprint density at radius 3 is 2.54 bits per heavy atom. The van der Waals surface area contributed by atoms with E-state index in [0.29, 0.717) is 12.7 Å². The molecule has 0 bridgehead atoms. The molecule has 0 aliphatic carbocycles. The Balaban J connectivity index is 3.52. The van der Waals surface area contributed by atoms with Crippen LogP contribution in [0.25, 0.3) is 0 Å². The van der Waals surface area contributed by atoms with Crippen LogP contribution in [-0.2, 0) is 4.74 Å². The third-order valence-corrected chi connectivity index (χ3v) is 2.11. The minimum absolute atomic E-state index is 0.430. The van der Waals surface area contributed by atoms with Gasteiger partial charge in [-0.1, -0.05) is 45.6 Å². The summed E-state index contributed by atoms with van der Waals surface area (Å²) in [5.41, 5.74) is 0. The second-order valence-electron chi connectivity index (χ2n) is 3.38. The van der Waals surface area contributed by atoms with Gasteiger partial charge in [0.2, 0.25) is 0 Å². The van der Waals surface area contributed by atoms with Crippen LogP contribution < -0.4 is 0 Å². The van der Waals surface area contributed by atoms with Gasteiger partial charge in [0.05, 0.1) is 12.7 Å². The molecule has 0 saturated carbocycles. The lowest BCUT2D eigenvalue weighted by molar-refractivity contribution is 0.0585. The summed E-state index contributed by atoms with van der Waals surface area (Å²) in [5.74, 6) is 0. The summed E-state index contributed by atoms with van der Waals surface area (Å²) in [6.45, 7) is 10.4. The first-order valence-electron chi connectivity index (χ1n) is 5.36. The van der Waals surface area contributed by atoms with E-state index in [1.165, 1.54) is 25.7 Å². The summed E-state index contributed by atoms with van der Waals surface area (Å²) >= 11 is 0. The molecule has 1 heteroatoms. The first-order valence-corrected chi connectivity index (χ1v) is 5.36. The van der Waals surface area contributed by atoms with Crippen LogP contribution >= 0.6 is 0 Å². The molecule has 1 nitrogen and oxygen atoms in total. The Kier molecular flexibility index (Phi) is 9.56. The van der Waals surface area contributed by atoms with Crippen molar-refractivity contribution in [2.45, 2.75) is 51.6 Å². The van der Waals surface area contributed by atoms with Gasteiger partial charge < -0.3 is 4.74 Å². The first-order chi connectivity index (χ1) is 6.35. The topological polar surface area (TPSA) is 9.23 Å². The molecule has 0 aromatic carbocycles. The molecule has 0 amide bonds. The molecule has 0 aromatic rings. The van der Waals surface area contributed by atoms with Crippen molar-refractivity contribution in [1.29, 1.82) is 0 Å². The van der Waals surface area contributed by atoms with Gasteiger partial charge in [-0.2, -0.15) is 0 Å². The molecule has 77 valence electrons. The van der Waals surface area contributed by atoms with Gasteiger partial charge in [0.25, 0.3) is 0 Å². The number of hydrogen-bond donors (Lipinski definition) is 0. The maximum absolute atomic E-state index is 5.65. The Morgan fingerprint density at radius 1 is 1.31 bits per heavy atom. The zero-order valence-electron chi connectivity index (χ0n) is 8.93. The van der Waals surface area contributed by atoms with E-state index in [0.717, 1.165) is 12.8 Å². The number of ether oxygens (including phenoxy) is 1. The van der Waals surface area contributed by atoms with Crippen LogP contribution in [0.3, 0.4) is 0 Å². The van der Waals surface area contributed by atoms with Crippen molar-refractivity contribution in [1.82, 2.24) is 0 Å². The summed E-state index contributed by atoms with van der Waals surface area (Å²) < 4.78 is 5.65. The molecule has 1 radical (unpaired) electrons. The van der Waals surface area contributed by atoms with Crippen LogP contribution in [-0.4, -0.2) is 12.7 Å². The highest BCUT2D eigenvalue weighted by Gasteiger charge is 2.06. The van der Waals surface area contributed by atoms with Crippen LogP contribution in [0.5, 0.6) is 0 Å². The molecule has 1 atom stereocenters. The summed E-state index contributed by atoms with van der Waals surface area (Å²) in [5, 5.41) is 0. The predicted octanol–water partition coefficient (Wildman–Crippen LogP) is 3.75. The van der Waals surface area contributed by atoms with Crippen LogP contribution in [0.15, 0.2) is 12.7 Å². The molecule has 0 saturated heterocycles. The SMILES string of the molecule is [CH2]CCCC(CCCC)OCC=C. The zero-order chi connectivity index (χ0) is 9.94. The summed E-state index contributed by atoms with van der Waals surface area (Å²) in [7, 11) is 0. The van der Waals surface area contributed by atoms with Crippen LogP contribution in [0.2, 0.25) is 0 Å². The summed E-state index contributed by atoms with van der Waals surface area (Å²) in [6.07, 6.45) is 9.29. The van der Waals surface area contributed by atoms with Crippen LogP contribution in [0.1, 0.15) is 45.4 Å². The molecular formula is C12H23O. The molecule has 1 unspecified atom stereocenters. The lowest BCUT2D eigenvalue weighted by Crippen LogP contribution is -2.12. The lowest BCUT2D eigenvalue weighted by atomic mass is 10.1. The zero-order valence-corrected chi connectivity index (χ0v) is 8.93. The summed E-state index contributed by atoms with van der Waals surface area (Å²) in [4.78, 5) is 0. The quantitative estimate of drug-likeness (QED) is 0.495. The van der Waals surface area contributed by atoms with Crippen molar-refractivity contribution in [3.8, 4) is 0 Å². The van der Waals surface area contributed by atoms with E-state index in [1.54, 1.807) is 0 Å². The fourth-order valence-corrected chi connectivity index (χ4v) is 1.32. The smallest absolute Gasteiger partial charge is 0.0648 e. The first kappa shape index (κ1) is 12.7. The van der Waals surface area contributed by atoms with E-state index in [4.69, 9.17) is 4.74 Å². The standard InChI is InChI=1S/C12H23O/c1-4-7-9-12(10-8-5-2)13-11-6-3/h6,12H,1,3-5,7-11H2,2H3. The molecule has 0 aliphatic rings. The summed E-state index contributed by atoms with van der Waals surface area (Å²) in [6, 6.07) is 0. The van der Waals surface area contributed by atoms with Gasteiger partial charge in [-0.3, -0.25) is 0 Å². The van der Waals surface area contributed by atoms with E-state index >= 15 is 0 Å². The highest BCUT2D eigenvalue weighted by molar-refractivity contribution is 4.67. The number of unbranched alkanes of at least 4 members (excludes halogenated alkanes) is 2. The average Bonchev–Trinajstić information content (AvgIpc) is 2.17. The van der Waals surface area contributed by atoms with Crippen LogP contribution in [0.4, 0.5) is 0 Å². The maximum Gasteiger partial charge on any atom is 0.0648 e. The Bertz CT molecular complexity index is 102. The Labute approximate surface area is 83.2 Å². The number of rotatable bonds is 9. The van der Waals surface area contributed by atoms with Gasteiger partial charge >= 0.3 is 0 Å². The minimum atomic E-state index is 0.430. The van der Waals surface area contributed by atoms with E-state index in [-0.39, 0.29) is 0 Å². The van der Waals surface area contributed by atoms with Crippen molar-refractivity contribution in [2.75, 3.05) is 6.61 Å². The van der Waals surface area contributed by atoms with Gasteiger partial charge in [0.15, 0.2) is 0 Å². The Hall–Kier alpha value is -0.300. The van der Waals surface area contributed by atoms with Crippen molar-refractivity contribution in [3.63, 3.8) is 0 Å². The normalized spacial score (nSPS) is 10.7. The predicted molar refractivity (Wildman–Crippen MR) is 58.7 cm³/mol. The lowest BCUT2D eigenvalue weighted by Gasteiger charge is -2.16. The van der Waals surface area contributed by atoms with Crippen molar-refractivity contribution >= 4 is 0 Å². The van der Waals surface area contributed by atoms with Gasteiger partial charge in [-0.15, -0.1) is 6.58 Å². The molecular weight excluding hydrogens is 160 g/mol. The van der Waals surface area contributed by atoms with E-state index in [1.807, 2.05) is 6.08 Å². The second kappa shape index (κ2) is 9.79. The molecule has 0 heterocycles. The minimum Gasteiger partial charge on any atom is -0.374 e. The molecule has 13 heavy (non-hydrogen) atoms. The molecule has 0 aliphatic heterocycles. The third-order valence-electron chi connectivity index (χ3n) is 2.11. The van der Waals surface area contributed by atoms with Crippen molar-refractivity contribution < 1.29 is 4.74 Å². The van der Waals surface area contributed by atoms with Crippen LogP contribution in [0, 0.1) is 6.92 Å². The molecule has 0 rings (SSSR count). The van der Waals surface area contributed by atoms with E-state index < -0.39 is 0 Å². The van der Waals surface area contributed by atoms with Crippen molar-refractivity contribution in [2.24, 2.45) is 0 Å². The average molecular weight is 183 g/mol. The van der Waals surface area contributed by atoms with Gasteiger partial charge in [0, 0.05) is 0 Å². The molecule has 0 N–H and O–H groups in total. The highest BCUT2D eigenvalue weighted by atomic mass is 16.5.